The van der Waals surface area contributed by atoms with Crippen molar-refractivity contribution < 1.29 is 19.1 Å². The van der Waals surface area contributed by atoms with Crippen LogP contribution >= 0.6 is 11.8 Å². The monoisotopic (exact) mass is 435 g/mol. The smallest absolute Gasteiger partial charge is 0.319 e. The third-order valence-corrected chi connectivity index (χ3v) is 5.84. The van der Waals surface area contributed by atoms with Gasteiger partial charge in [-0.25, -0.2) is 0 Å². The van der Waals surface area contributed by atoms with Gasteiger partial charge in [-0.3, -0.25) is 14.4 Å². The zero-order chi connectivity index (χ0) is 22.2. The summed E-state index contributed by atoms with van der Waals surface area (Å²) in [5.74, 6) is -3.48. The Bertz CT molecular complexity index is 1030. The Morgan fingerprint density at radius 3 is 2.39 bits per heavy atom. The molecule has 0 saturated heterocycles. The summed E-state index contributed by atoms with van der Waals surface area (Å²) in [6, 6.07) is 20.5. The molecule has 2 amide bonds. The van der Waals surface area contributed by atoms with Gasteiger partial charge in [-0.1, -0.05) is 72.4 Å². The molecule has 3 rings (SSSR count). The average molecular weight is 436 g/mol. The van der Waals surface area contributed by atoms with Gasteiger partial charge in [0.2, 0.25) is 11.8 Å². The first-order chi connectivity index (χ1) is 15.0. The standard InChI is InChI=1S/C23H21N3O4S/c1-30-23(29)20-19(16-10-6-3-7-11-16)17(12-24)22(26-21(20)28)31-14-18(27)25-13-15-8-4-2-5-9-15/h2-11,19-20H,13-14H2,1H3,(H,25,27)(H,26,28)/t19-,20-/m1/s1. The molecule has 0 bridgehead atoms. The number of rotatable bonds is 7. The van der Waals surface area contributed by atoms with E-state index < -0.39 is 23.7 Å². The third kappa shape index (κ3) is 5.32. The lowest BCUT2D eigenvalue weighted by Gasteiger charge is -2.30. The second-order valence-electron chi connectivity index (χ2n) is 6.78. The van der Waals surface area contributed by atoms with Gasteiger partial charge in [0.25, 0.3) is 0 Å². The van der Waals surface area contributed by atoms with Crippen LogP contribution in [-0.2, 0) is 25.7 Å². The maximum absolute atomic E-state index is 12.7. The fourth-order valence-corrected chi connectivity index (χ4v) is 4.20. The van der Waals surface area contributed by atoms with Crippen molar-refractivity contribution in [3.8, 4) is 6.07 Å². The molecule has 2 atom stereocenters. The fraction of sp³-hybridized carbons (Fsp3) is 0.217. The number of benzene rings is 2. The number of methoxy groups -OCH3 is 1. The van der Waals surface area contributed by atoms with Gasteiger partial charge in [0, 0.05) is 12.5 Å². The molecule has 0 saturated carbocycles. The van der Waals surface area contributed by atoms with Crippen LogP contribution in [0.4, 0.5) is 0 Å². The lowest BCUT2D eigenvalue weighted by Crippen LogP contribution is -2.44. The lowest BCUT2D eigenvalue weighted by molar-refractivity contribution is -0.150. The third-order valence-electron chi connectivity index (χ3n) is 4.82. The summed E-state index contributed by atoms with van der Waals surface area (Å²) < 4.78 is 4.81. The normalized spacial score (nSPS) is 18.0. The van der Waals surface area contributed by atoms with Gasteiger partial charge in [0.15, 0.2) is 0 Å². The minimum Gasteiger partial charge on any atom is -0.468 e. The number of hydrogen-bond acceptors (Lipinski definition) is 6. The summed E-state index contributed by atoms with van der Waals surface area (Å²) in [7, 11) is 1.20. The number of nitrogens with zero attached hydrogens (tertiary/aromatic N) is 1. The number of thioether (sulfide) groups is 1. The van der Waals surface area contributed by atoms with Crippen molar-refractivity contribution in [1.82, 2.24) is 10.6 Å². The van der Waals surface area contributed by atoms with E-state index in [-0.39, 0.29) is 22.3 Å². The molecule has 2 aromatic rings. The predicted molar refractivity (Wildman–Crippen MR) is 116 cm³/mol. The number of hydrogen-bond donors (Lipinski definition) is 2. The number of allylic oxidation sites excluding steroid dienone is 1. The topological polar surface area (TPSA) is 108 Å². The minimum atomic E-state index is -1.18. The number of amides is 2. The van der Waals surface area contributed by atoms with Crippen molar-refractivity contribution in [2.75, 3.05) is 12.9 Å². The zero-order valence-corrected chi connectivity index (χ0v) is 17.6. The molecule has 0 unspecified atom stereocenters. The van der Waals surface area contributed by atoms with E-state index >= 15 is 0 Å². The molecule has 0 aliphatic carbocycles. The quantitative estimate of drug-likeness (QED) is 0.511. The fourth-order valence-electron chi connectivity index (χ4n) is 3.33. The van der Waals surface area contributed by atoms with E-state index in [9.17, 15) is 19.6 Å². The Balaban J connectivity index is 1.80. The number of nitriles is 1. The molecule has 158 valence electrons. The second-order valence-corrected chi connectivity index (χ2v) is 7.77. The first-order valence-corrected chi connectivity index (χ1v) is 10.5. The Hall–Kier alpha value is -3.57. The number of nitrogens with one attached hydrogen (secondary N) is 2. The summed E-state index contributed by atoms with van der Waals surface area (Å²) in [6.07, 6.45) is 0. The van der Waals surface area contributed by atoms with Crippen LogP contribution in [0, 0.1) is 17.2 Å². The van der Waals surface area contributed by atoms with Gasteiger partial charge in [0.05, 0.1) is 29.5 Å². The largest absolute Gasteiger partial charge is 0.468 e. The second kappa shape index (κ2) is 10.5. The molecule has 8 heteroatoms. The number of esters is 1. The molecule has 0 radical (unpaired) electrons. The SMILES string of the molecule is COC(=O)[C@H]1C(=O)NC(SCC(=O)NCc2ccccc2)=C(C#N)[C@H]1c1ccccc1. The summed E-state index contributed by atoms with van der Waals surface area (Å²) in [6.45, 7) is 0.383. The number of carbonyl (C=O) groups excluding carboxylic acids is 3. The van der Waals surface area contributed by atoms with Crippen molar-refractivity contribution in [3.63, 3.8) is 0 Å². The van der Waals surface area contributed by atoms with Gasteiger partial charge in [-0.2, -0.15) is 5.26 Å². The van der Waals surface area contributed by atoms with E-state index in [4.69, 9.17) is 4.74 Å². The van der Waals surface area contributed by atoms with Crippen molar-refractivity contribution in [2.24, 2.45) is 5.92 Å². The van der Waals surface area contributed by atoms with Crippen LogP contribution < -0.4 is 10.6 Å². The Labute approximate surface area is 184 Å². The summed E-state index contributed by atoms with van der Waals surface area (Å²) in [4.78, 5) is 37.3. The molecule has 1 aliphatic rings. The van der Waals surface area contributed by atoms with Crippen LogP contribution in [0.5, 0.6) is 0 Å². The van der Waals surface area contributed by atoms with Gasteiger partial charge in [-0.15, -0.1) is 0 Å². The van der Waals surface area contributed by atoms with Crippen molar-refractivity contribution in [1.29, 1.82) is 5.26 Å². The highest BCUT2D eigenvalue weighted by atomic mass is 32.2. The first-order valence-electron chi connectivity index (χ1n) is 9.56. The van der Waals surface area contributed by atoms with E-state index in [2.05, 4.69) is 16.7 Å². The molecular weight excluding hydrogens is 414 g/mol. The maximum atomic E-state index is 12.7. The molecule has 31 heavy (non-hydrogen) atoms. The van der Waals surface area contributed by atoms with Gasteiger partial charge >= 0.3 is 5.97 Å². The molecule has 1 heterocycles. The van der Waals surface area contributed by atoms with Crippen molar-refractivity contribution in [3.05, 3.63) is 82.4 Å². The van der Waals surface area contributed by atoms with Crippen LogP contribution in [0.15, 0.2) is 71.3 Å². The number of carbonyl (C=O) groups is 3. The Kier molecular flexibility index (Phi) is 7.46. The zero-order valence-electron chi connectivity index (χ0n) is 16.8. The molecule has 7 nitrogen and oxygen atoms in total. The molecule has 0 spiro atoms. The van der Waals surface area contributed by atoms with E-state index in [0.29, 0.717) is 12.1 Å². The molecule has 2 N–H and O–H groups in total. The Morgan fingerprint density at radius 1 is 1.13 bits per heavy atom. The van der Waals surface area contributed by atoms with Crippen molar-refractivity contribution in [2.45, 2.75) is 12.5 Å². The average Bonchev–Trinajstić information content (AvgIpc) is 2.81. The molecule has 0 aromatic heterocycles. The van der Waals surface area contributed by atoms with Crippen LogP contribution in [0.1, 0.15) is 17.0 Å². The first kappa shape index (κ1) is 22.1. The van der Waals surface area contributed by atoms with Crippen LogP contribution in [0.25, 0.3) is 0 Å². The minimum absolute atomic E-state index is 0.0119. The summed E-state index contributed by atoms with van der Waals surface area (Å²) in [5.41, 5.74) is 1.84. The van der Waals surface area contributed by atoms with E-state index in [1.165, 1.54) is 7.11 Å². The predicted octanol–water partition coefficient (Wildman–Crippen LogP) is 2.47. The Morgan fingerprint density at radius 2 is 1.77 bits per heavy atom. The van der Waals surface area contributed by atoms with Gasteiger partial charge < -0.3 is 15.4 Å². The highest BCUT2D eigenvalue weighted by molar-refractivity contribution is 8.03. The van der Waals surface area contributed by atoms with Crippen molar-refractivity contribution >= 4 is 29.5 Å². The van der Waals surface area contributed by atoms with E-state index in [1.54, 1.807) is 24.3 Å². The maximum Gasteiger partial charge on any atom is 0.319 e. The van der Waals surface area contributed by atoms with Crippen LogP contribution in [0.3, 0.4) is 0 Å². The van der Waals surface area contributed by atoms with E-state index in [0.717, 1.165) is 17.3 Å². The highest BCUT2D eigenvalue weighted by Gasteiger charge is 2.44. The van der Waals surface area contributed by atoms with Crippen LogP contribution in [0.2, 0.25) is 0 Å². The molecule has 1 aliphatic heterocycles. The molecular formula is C23H21N3O4S. The number of ether oxygens (including phenoxy) is 1. The molecule has 0 fully saturated rings. The van der Waals surface area contributed by atoms with Crippen LogP contribution in [-0.4, -0.2) is 30.6 Å². The van der Waals surface area contributed by atoms with Gasteiger partial charge in [-0.05, 0) is 11.1 Å². The molecule has 2 aromatic carbocycles. The van der Waals surface area contributed by atoms with Gasteiger partial charge in [0.1, 0.15) is 5.92 Å². The van der Waals surface area contributed by atoms with E-state index in [1.807, 2.05) is 36.4 Å². The summed E-state index contributed by atoms with van der Waals surface area (Å²) >= 11 is 1.06. The highest BCUT2D eigenvalue weighted by Crippen LogP contribution is 2.39. The summed E-state index contributed by atoms with van der Waals surface area (Å²) in [5, 5.41) is 15.5. The lowest BCUT2D eigenvalue weighted by atomic mass is 9.78.